The molecule has 1 fully saturated rings. The van der Waals surface area contributed by atoms with E-state index in [1.807, 2.05) is 18.2 Å². The summed E-state index contributed by atoms with van der Waals surface area (Å²) < 4.78 is 27.8. The zero-order valence-corrected chi connectivity index (χ0v) is 21.8. The van der Waals surface area contributed by atoms with Crippen molar-refractivity contribution in [2.24, 2.45) is 0 Å². The first kappa shape index (κ1) is 27.4. The summed E-state index contributed by atoms with van der Waals surface area (Å²) in [7, 11) is 4.62. The fourth-order valence-electron chi connectivity index (χ4n) is 3.81. The highest BCUT2D eigenvalue weighted by Crippen LogP contribution is 2.37. The fraction of sp³-hybridized carbons (Fsp3) is 0.407. The molecule has 2 aromatic rings. The lowest BCUT2D eigenvalue weighted by molar-refractivity contribution is -0.134. The van der Waals surface area contributed by atoms with E-state index in [0.29, 0.717) is 66.1 Å². The maximum atomic E-state index is 12.8. The summed E-state index contributed by atoms with van der Waals surface area (Å²) >= 11 is 6.41. The molecule has 8 nitrogen and oxygen atoms in total. The standard InChI is InChI=1S/C27H32ClNO7/c1-18(30)5-6-19-7-10-22(24(15-19)33-3)36-17-21-16-29(13-14-35-21)25(31)12-9-20-8-11-23(32-2)27(34-4)26(20)28/h7-12,15,21H,5-6,13-14,16-17H2,1-4H3. The first-order chi connectivity index (χ1) is 17.4. The number of methoxy groups -OCH3 is 3. The Hall–Kier alpha value is -3.23. The molecule has 1 heterocycles. The van der Waals surface area contributed by atoms with Crippen molar-refractivity contribution in [1.82, 2.24) is 4.90 Å². The summed E-state index contributed by atoms with van der Waals surface area (Å²) in [6.07, 6.45) is 3.99. The maximum absolute atomic E-state index is 12.8. The smallest absolute Gasteiger partial charge is 0.246 e. The Morgan fingerprint density at radius 2 is 1.83 bits per heavy atom. The predicted octanol–water partition coefficient (Wildman–Crippen LogP) is 4.21. The van der Waals surface area contributed by atoms with Crippen molar-refractivity contribution in [2.75, 3.05) is 47.6 Å². The first-order valence-corrected chi connectivity index (χ1v) is 12.0. The van der Waals surface area contributed by atoms with Gasteiger partial charge in [-0.15, -0.1) is 0 Å². The molecule has 36 heavy (non-hydrogen) atoms. The zero-order chi connectivity index (χ0) is 26.1. The number of hydrogen-bond acceptors (Lipinski definition) is 7. The zero-order valence-electron chi connectivity index (χ0n) is 21.0. The number of ketones is 1. The van der Waals surface area contributed by atoms with Crippen molar-refractivity contribution >= 4 is 29.4 Å². The Morgan fingerprint density at radius 3 is 2.53 bits per heavy atom. The minimum absolute atomic E-state index is 0.143. The normalized spacial score (nSPS) is 15.6. The lowest BCUT2D eigenvalue weighted by Gasteiger charge is -2.32. The Morgan fingerprint density at radius 1 is 1.08 bits per heavy atom. The SMILES string of the molecule is COc1cc(CCC(C)=O)ccc1OCC1CN(C(=O)C=Cc2ccc(OC)c(OC)c2Cl)CCO1. The number of carbonyl (C=O) groups is 2. The minimum atomic E-state index is -0.289. The van der Waals surface area contributed by atoms with Gasteiger partial charge in [-0.2, -0.15) is 0 Å². The molecule has 0 bridgehead atoms. The number of morpholine rings is 1. The number of halogens is 1. The average Bonchev–Trinajstić information content (AvgIpc) is 2.89. The third-order valence-corrected chi connectivity index (χ3v) is 6.18. The molecular weight excluding hydrogens is 486 g/mol. The van der Waals surface area contributed by atoms with Gasteiger partial charge in [0.15, 0.2) is 23.0 Å². The second-order valence-corrected chi connectivity index (χ2v) is 8.69. The number of nitrogens with zero attached hydrogens (tertiary/aromatic N) is 1. The monoisotopic (exact) mass is 517 g/mol. The summed E-state index contributed by atoms with van der Waals surface area (Å²) in [5.41, 5.74) is 1.65. The number of rotatable bonds is 11. The summed E-state index contributed by atoms with van der Waals surface area (Å²) in [5.74, 6) is 2.10. The van der Waals surface area contributed by atoms with Gasteiger partial charge in [0.1, 0.15) is 18.5 Å². The number of aryl methyl sites for hydroxylation is 1. The van der Waals surface area contributed by atoms with E-state index in [1.165, 1.54) is 20.3 Å². The summed E-state index contributed by atoms with van der Waals surface area (Å²) in [5, 5.41) is 0.371. The Bertz CT molecular complexity index is 1100. The Kier molecular flexibility index (Phi) is 10.0. The van der Waals surface area contributed by atoms with Gasteiger partial charge in [0, 0.05) is 19.0 Å². The third kappa shape index (κ3) is 7.15. The van der Waals surface area contributed by atoms with Gasteiger partial charge in [-0.25, -0.2) is 0 Å². The van der Waals surface area contributed by atoms with Crippen LogP contribution >= 0.6 is 11.6 Å². The van der Waals surface area contributed by atoms with Gasteiger partial charge in [0.05, 0.1) is 39.5 Å². The van der Waals surface area contributed by atoms with Crippen LogP contribution in [0.15, 0.2) is 36.4 Å². The van der Waals surface area contributed by atoms with Crippen LogP contribution < -0.4 is 18.9 Å². The second kappa shape index (κ2) is 13.2. The molecule has 0 radical (unpaired) electrons. The Balaban J connectivity index is 1.59. The molecule has 0 N–H and O–H groups in total. The number of Topliss-reactive ketones (excluding diaryl/α,β-unsaturated/α-hetero) is 1. The molecular formula is C27H32ClNO7. The first-order valence-electron chi connectivity index (χ1n) is 11.6. The van der Waals surface area contributed by atoms with Crippen LogP contribution in [-0.2, 0) is 20.7 Å². The highest BCUT2D eigenvalue weighted by Gasteiger charge is 2.24. The van der Waals surface area contributed by atoms with Crippen LogP contribution in [0, 0.1) is 0 Å². The van der Waals surface area contributed by atoms with Gasteiger partial charge < -0.3 is 33.4 Å². The molecule has 0 aliphatic carbocycles. The topological polar surface area (TPSA) is 83.5 Å². The molecule has 0 saturated carbocycles. The molecule has 2 aromatic carbocycles. The molecule has 1 amide bonds. The summed E-state index contributed by atoms with van der Waals surface area (Å²) in [6, 6.07) is 9.13. The van der Waals surface area contributed by atoms with Crippen LogP contribution in [0.2, 0.25) is 5.02 Å². The van der Waals surface area contributed by atoms with Crippen LogP contribution in [0.3, 0.4) is 0 Å². The Labute approximate surface area is 216 Å². The molecule has 3 rings (SSSR count). The molecule has 9 heteroatoms. The maximum Gasteiger partial charge on any atom is 0.246 e. The number of ether oxygens (including phenoxy) is 5. The van der Waals surface area contributed by atoms with Crippen molar-refractivity contribution in [3.05, 3.63) is 52.6 Å². The van der Waals surface area contributed by atoms with Crippen molar-refractivity contribution in [3.63, 3.8) is 0 Å². The molecule has 194 valence electrons. The molecule has 1 atom stereocenters. The van der Waals surface area contributed by atoms with Crippen LogP contribution in [-0.4, -0.2) is 70.3 Å². The van der Waals surface area contributed by atoms with Gasteiger partial charge in [-0.1, -0.05) is 17.7 Å². The number of amides is 1. The molecule has 1 aliphatic heterocycles. The molecule has 1 unspecified atom stereocenters. The van der Waals surface area contributed by atoms with Crippen LogP contribution in [0.25, 0.3) is 6.08 Å². The minimum Gasteiger partial charge on any atom is -0.493 e. The lowest BCUT2D eigenvalue weighted by atomic mass is 10.1. The molecule has 1 aliphatic rings. The largest absolute Gasteiger partial charge is 0.493 e. The van der Waals surface area contributed by atoms with E-state index in [0.717, 1.165) is 5.56 Å². The van der Waals surface area contributed by atoms with Crippen molar-refractivity contribution in [3.8, 4) is 23.0 Å². The van der Waals surface area contributed by atoms with E-state index in [9.17, 15) is 9.59 Å². The second-order valence-electron chi connectivity index (χ2n) is 8.31. The number of benzene rings is 2. The van der Waals surface area contributed by atoms with Gasteiger partial charge >= 0.3 is 0 Å². The van der Waals surface area contributed by atoms with Gasteiger partial charge in [0.25, 0.3) is 0 Å². The number of carbonyl (C=O) groups excluding carboxylic acids is 2. The summed E-state index contributed by atoms with van der Waals surface area (Å²) in [6.45, 7) is 3.12. The van der Waals surface area contributed by atoms with Crippen LogP contribution in [0.1, 0.15) is 24.5 Å². The fourth-order valence-corrected chi connectivity index (χ4v) is 4.11. The highest BCUT2D eigenvalue weighted by atomic mass is 35.5. The van der Waals surface area contributed by atoms with Crippen LogP contribution in [0.5, 0.6) is 23.0 Å². The van der Waals surface area contributed by atoms with Gasteiger partial charge in [0.2, 0.25) is 5.91 Å². The quantitative estimate of drug-likeness (QED) is 0.413. The summed E-state index contributed by atoms with van der Waals surface area (Å²) in [4.78, 5) is 25.8. The van der Waals surface area contributed by atoms with Gasteiger partial charge in [-0.3, -0.25) is 4.79 Å². The van der Waals surface area contributed by atoms with E-state index in [2.05, 4.69) is 0 Å². The average molecular weight is 518 g/mol. The molecule has 0 aromatic heterocycles. The van der Waals surface area contributed by atoms with Crippen molar-refractivity contribution in [1.29, 1.82) is 0 Å². The van der Waals surface area contributed by atoms with Crippen molar-refractivity contribution < 1.29 is 33.3 Å². The van der Waals surface area contributed by atoms with Crippen molar-refractivity contribution in [2.45, 2.75) is 25.9 Å². The van der Waals surface area contributed by atoms with E-state index in [4.69, 9.17) is 35.3 Å². The number of hydrogen-bond donors (Lipinski definition) is 0. The molecule has 1 saturated heterocycles. The van der Waals surface area contributed by atoms with Crippen LogP contribution in [0.4, 0.5) is 0 Å². The lowest BCUT2D eigenvalue weighted by Crippen LogP contribution is -2.47. The predicted molar refractivity (Wildman–Crippen MR) is 137 cm³/mol. The third-order valence-electron chi connectivity index (χ3n) is 5.79. The van der Waals surface area contributed by atoms with E-state index < -0.39 is 0 Å². The highest BCUT2D eigenvalue weighted by molar-refractivity contribution is 6.33. The van der Waals surface area contributed by atoms with E-state index in [-0.39, 0.29) is 24.4 Å². The van der Waals surface area contributed by atoms with Gasteiger partial charge in [-0.05, 0) is 54.8 Å². The molecule has 0 spiro atoms. The van der Waals surface area contributed by atoms with E-state index in [1.54, 1.807) is 37.1 Å². The van der Waals surface area contributed by atoms with E-state index >= 15 is 0 Å².